The van der Waals surface area contributed by atoms with Gasteiger partial charge in [-0.3, -0.25) is 4.79 Å². The van der Waals surface area contributed by atoms with Gasteiger partial charge in [-0.15, -0.1) is 0 Å². The molecule has 2 N–H and O–H groups in total. The van der Waals surface area contributed by atoms with E-state index in [-0.39, 0.29) is 17.6 Å². The third-order valence-electron chi connectivity index (χ3n) is 4.00. The van der Waals surface area contributed by atoms with Crippen LogP contribution in [-0.2, 0) is 4.79 Å². The molecule has 21 heavy (non-hydrogen) atoms. The fourth-order valence-electron chi connectivity index (χ4n) is 2.93. The van der Waals surface area contributed by atoms with Crippen molar-refractivity contribution in [3.63, 3.8) is 0 Å². The second kappa shape index (κ2) is 5.42. The highest BCUT2D eigenvalue weighted by Crippen LogP contribution is 2.40. The summed E-state index contributed by atoms with van der Waals surface area (Å²) in [6.07, 6.45) is 2.23. The van der Waals surface area contributed by atoms with Gasteiger partial charge in [0, 0.05) is 34.8 Å². The predicted octanol–water partition coefficient (Wildman–Crippen LogP) is 3.02. The second-order valence-corrected chi connectivity index (χ2v) is 6.58. The summed E-state index contributed by atoms with van der Waals surface area (Å²) in [5, 5.41) is 13.9. The average molecular weight is 367 g/mol. The molecule has 1 atom stereocenters. The van der Waals surface area contributed by atoms with Gasteiger partial charge < -0.3 is 15.3 Å². The van der Waals surface area contributed by atoms with E-state index < -0.39 is 0 Å². The first-order chi connectivity index (χ1) is 9.99. The molecule has 110 valence electrons. The maximum atomic E-state index is 12.4. The number of hydrogen-bond acceptors (Lipinski definition) is 3. The summed E-state index contributed by atoms with van der Waals surface area (Å²) in [7, 11) is 1.88. The molecule has 0 aromatic heterocycles. The van der Waals surface area contributed by atoms with E-state index >= 15 is 0 Å². The van der Waals surface area contributed by atoms with Gasteiger partial charge in [0.1, 0.15) is 5.75 Å². The van der Waals surface area contributed by atoms with Crippen LogP contribution in [0.5, 0.6) is 5.75 Å². The summed E-state index contributed by atoms with van der Waals surface area (Å²) >= 11 is 8.77. The van der Waals surface area contributed by atoms with Gasteiger partial charge in [-0.25, -0.2) is 0 Å². The monoisotopic (exact) mass is 366 g/mol. The lowest BCUT2D eigenvalue weighted by Gasteiger charge is -2.39. The summed E-state index contributed by atoms with van der Waals surface area (Å²) in [5.74, 6) is 0.288. The number of nitrogens with zero attached hydrogens (tertiary/aromatic N) is 1. The molecular weight excluding hydrogens is 352 g/mol. The Morgan fingerprint density at radius 3 is 2.95 bits per heavy atom. The minimum Gasteiger partial charge on any atom is -0.508 e. The van der Waals surface area contributed by atoms with Crippen LogP contribution < -0.4 is 5.32 Å². The van der Waals surface area contributed by atoms with Crippen LogP contribution in [0.2, 0.25) is 0 Å². The lowest BCUT2D eigenvalue weighted by atomic mass is 9.84. The van der Waals surface area contributed by atoms with Crippen molar-refractivity contribution in [2.24, 2.45) is 0 Å². The largest absolute Gasteiger partial charge is 0.508 e. The first-order valence-electron chi connectivity index (χ1n) is 6.78. The maximum absolute atomic E-state index is 12.4. The topological polar surface area (TPSA) is 52.6 Å². The summed E-state index contributed by atoms with van der Waals surface area (Å²) < 4.78 is 0.854. The zero-order valence-corrected chi connectivity index (χ0v) is 13.9. The molecule has 0 bridgehead atoms. The van der Waals surface area contributed by atoms with E-state index in [1.807, 2.05) is 18.0 Å². The van der Waals surface area contributed by atoms with Gasteiger partial charge >= 0.3 is 0 Å². The molecule has 0 amide bonds. The van der Waals surface area contributed by atoms with Crippen molar-refractivity contribution in [3.8, 4) is 5.75 Å². The van der Waals surface area contributed by atoms with Gasteiger partial charge in [-0.1, -0.05) is 15.9 Å². The Balaban J connectivity index is 2.17. The fourth-order valence-corrected chi connectivity index (χ4v) is 3.53. The fraction of sp³-hybridized carbons (Fsp3) is 0.333. The van der Waals surface area contributed by atoms with Crippen LogP contribution in [0.4, 0.5) is 0 Å². The second-order valence-electron chi connectivity index (χ2n) is 5.28. The van der Waals surface area contributed by atoms with Crippen LogP contribution in [0.1, 0.15) is 30.9 Å². The quantitative estimate of drug-likeness (QED) is 0.748. The molecule has 1 aromatic rings. The highest BCUT2D eigenvalue weighted by atomic mass is 79.9. The molecule has 1 unspecified atom stereocenters. The summed E-state index contributed by atoms with van der Waals surface area (Å²) in [5.41, 5.74) is 2.37. The molecule has 2 aliphatic rings. The molecule has 3 rings (SSSR count). The van der Waals surface area contributed by atoms with Crippen LogP contribution in [0, 0.1) is 0 Å². The molecule has 6 heteroatoms. The number of aromatic hydroxyl groups is 1. The predicted molar refractivity (Wildman–Crippen MR) is 87.9 cm³/mol. The number of carbonyl (C=O) groups is 1. The zero-order chi connectivity index (χ0) is 15.1. The normalized spacial score (nSPS) is 22.2. The molecule has 0 fully saturated rings. The number of nitrogens with one attached hydrogen (secondary N) is 1. The Hall–Kier alpha value is -1.40. The Morgan fingerprint density at radius 1 is 1.43 bits per heavy atom. The minimum atomic E-state index is -0.381. The van der Waals surface area contributed by atoms with E-state index in [1.165, 1.54) is 0 Å². The van der Waals surface area contributed by atoms with Crippen molar-refractivity contribution in [1.82, 2.24) is 10.2 Å². The Kier molecular flexibility index (Phi) is 3.75. The molecule has 0 spiro atoms. The highest BCUT2D eigenvalue weighted by molar-refractivity contribution is 9.10. The molecule has 0 saturated carbocycles. The zero-order valence-electron chi connectivity index (χ0n) is 11.5. The molecule has 4 nitrogen and oxygen atoms in total. The van der Waals surface area contributed by atoms with Crippen LogP contribution in [-0.4, -0.2) is 27.9 Å². The highest BCUT2D eigenvalue weighted by Gasteiger charge is 2.36. The third-order valence-corrected chi connectivity index (χ3v) is 4.88. The van der Waals surface area contributed by atoms with Crippen LogP contribution in [0.15, 0.2) is 33.9 Å². The van der Waals surface area contributed by atoms with E-state index in [2.05, 4.69) is 21.2 Å². The Bertz CT molecular complexity index is 672. The van der Waals surface area contributed by atoms with Crippen molar-refractivity contribution in [2.45, 2.75) is 25.3 Å². The molecule has 0 saturated heterocycles. The van der Waals surface area contributed by atoms with Gasteiger partial charge in [-0.2, -0.15) is 0 Å². The number of hydrogen-bond donors (Lipinski definition) is 2. The number of phenols is 1. The third kappa shape index (κ3) is 2.46. The molecule has 1 aliphatic heterocycles. The van der Waals surface area contributed by atoms with E-state index in [0.29, 0.717) is 17.1 Å². The molecule has 1 aliphatic carbocycles. The van der Waals surface area contributed by atoms with Gasteiger partial charge in [0.2, 0.25) is 0 Å². The maximum Gasteiger partial charge on any atom is 0.173 e. The summed E-state index contributed by atoms with van der Waals surface area (Å²) in [6, 6.07) is 4.84. The summed E-state index contributed by atoms with van der Waals surface area (Å²) in [6.45, 7) is 0. The molecule has 0 radical (unpaired) electrons. The first-order valence-corrected chi connectivity index (χ1v) is 7.98. The van der Waals surface area contributed by atoms with E-state index in [9.17, 15) is 9.90 Å². The number of rotatable bonds is 1. The van der Waals surface area contributed by atoms with Crippen LogP contribution >= 0.6 is 28.1 Å². The van der Waals surface area contributed by atoms with Crippen molar-refractivity contribution >= 4 is 39.0 Å². The van der Waals surface area contributed by atoms with E-state index in [4.69, 9.17) is 12.2 Å². The molecular formula is C15H15BrN2O2S. The standard InChI is InChI=1S/C15H15BrN2O2S/c1-18-10-3-2-4-12(20)13(10)14(17-15(18)21)9-7-8(16)5-6-11(9)19/h5-7,14,19H,2-4H2,1H3,(H,17,21). The van der Waals surface area contributed by atoms with Gasteiger partial charge in [0.15, 0.2) is 10.9 Å². The number of Topliss-reactive ketones (excluding diaryl/α,β-unsaturated/α-hetero) is 1. The molecule has 1 aromatic carbocycles. The van der Waals surface area contributed by atoms with Crippen molar-refractivity contribution in [1.29, 1.82) is 0 Å². The lowest BCUT2D eigenvalue weighted by molar-refractivity contribution is -0.116. The van der Waals surface area contributed by atoms with Gasteiger partial charge in [0.25, 0.3) is 0 Å². The summed E-state index contributed by atoms with van der Waals surface area (Å²) in [4.78, 5) is 14.3. The van der Waals surface area contributed by atoms with E-state index in [0.717, 1.165) is 28.6 Å². The first kappa shape index (κ1) is 14.5. The minimum absolute atomic E-state index is 0.127. The number of carbonyl (C=O) groups excluding carboxylic acids is 1. The van der Waals surface area contributed by atoms with E-state index in [1.54, 1.807) is 12.1 Å². The van der Waals surface area contributed by atoms with Gasteiger partial charge in [-0.05, 0) is 43.3 Å². The Labute approximate surface area is 137 Å². The lowest BCUT2D eigenvalue weighted by Crippen LogP contribution is -2.47. The number of allylic oxidation sites excluding steroid dienone is 1. The number of ketones is 1. The van der Waals surface area contributed by atoms with Crippen molar-refractivity contribution in [3.05, 3.63) is 39.5 Å². The number of phenolic OH excluding ortho intramolecular Hbond substituents is 1. The van der Waals surface area contributed by atoms with Crippen molar-refractivity contribution in [2.75, 3.05) is 7.05 Å². The smallest absolute Gasteiger partial charge is 0.173 e. The number of halogens is 1. The van der Waals surface area contributed by atoms with Crippen LogP contribution in [0.3, 0.4) is 0 Å². The SMILES string of the molecule is CN1C(=S)NC(c2cc(Br)ccc2O)C2=C1CCCC2=O. The Morgan fingerprint density at radius 2 is 2.19 bits per heavy atom. The number of thiocarbonyl (C=S) groups is 1. The van der Waals surface area contributed by atoms with Gasteiger partial charge in [0.05, 0.1) is 6.04 Å². The van der Waals surface area contributed by atoms with Crippen LogP contribution in [0.25, 0.3) is 0 Å². The average Bonchev–Trinajstić information content (AvgIpc) is 2.46. The van der Waals surface area contributed by atoms with Crippen molar-refractivity contribution < 1.29 is 9.90 Å². The molecule has 1 heterocycles. The number of benzene rings is 1.